The van der Waals surface area contributed by atoms with Crippen molar-refractivity contribution in [1.82, 2.24) is 9.78 Å². The molecule has 1 aromatic heterocycles. The average molecular weight is 263 g/mol. The van der Waals surface area contributed by atoms with Crippen LogP contribution in [0.3, 0.4) is 0 Å². The van der Waals surface area contributed by atoms with Gasteiger partial charge in [0.15, 0.2) is 0 Å². The van der Waals surface area contributed by atoms with Gasteiger partial charge in [0, 0.05) is 18.5 Å². The van der Waals surface area contributed by atoms with Gasteiger partial charge in [-0.2, -0.15) is 5.10 Å². The molecule has 19 heavy (non-hydrogen) atoms. The summed E-state index contributed by atoms with van der Waals surface area (Å²) in [5.74, 6) is 1.41. The summed E-state index contributed by atoms with van der Waals surface area (Å²) in [6.07, 6.45) is 5.12. The van der Waals surface area contributed by atoms with E-state index in [-0.39, 0.29) is 11.9 Å². The molecule has 1 saturated carbocycles. The maximum Gasteiger partial charge on any atom is 0.312 e. The van der Waals surface area contributed by atoms with Crippen LogP contribution >= 0.6 is 0 Å². The number of hydrogen-bond donors (Lipinski definition) is 1. The third-order valence-electron chi connectivity index (χ3n) is 4.12. The zero-order valence-corrected chi connectivity index (χ0v) is 11.4. The zero-order chi connectivity index (χ0) is 13.2. The summed E-state index contributed by atoms with van der Waals surface area (Å²) >= 11 is 0. The minimum absolute atomic E-state index is 0.122. The van der Waals surface area contributed by atoms with E-state index in [9.17, 15) is 4.79 Å². The van der Waals surface area contributed by atoms with Gasteiger partial charge >= 0.3 is 5.97 Å². The van der Waals surface area contributed by atoms with Gasteiger partial charge in [-0.15, -0.1) is 0 Å². The van der Waals surface area contributed by atoms with Crippen LogP contribution in [0, 0.1) is 5.92 Å². The summed E-state index contributed by atoms with van der Waals surface area (Å²) in [6, 6.07) is 2.15. The lowest BCUT2D eigenvalue weighted by Crippen LogP contribution is -2.34. The second-order valence-corrected chi connectivity index (χ2v) is 5.45. The molecule has 5 heteroatoms. The molecular weight excluding hydrogens is 242 g/mol. The Labute approximate surface area is 113 Å². The van der Waals surface area contributed by atoms with Crippen LogP contribution in [-0.2, 0) is 16.1 Å². The highest BCUT2D eigenvalue weighted by Crippen LogP contribution is 2.35. The monoisotopic (exact) mass is 263 g/mol. The molecule has 1 aliphatic carbocycles. The molecule has 1 aromatic rings. The quantitative estimate of drug-likeness (QED) is 0.849. The Hall–Kier alpha value is -1.52. The van der Waals surface area contributed by atoms with Gasteiger partial charge in [0.1, 0.15) is 5.82 Å². The van der Waals surface area contributed by atoms with Crippen LogP contribution in [0.25, 0.3) is 0 Å². The molecule has 2 heterocycles. The van der Waals surface area contributed by atoms with Crippen molar-refractivity contribution >= 4 is 11.8 Å². The van der Waals surface area contributed by atoms with Crippen molar-refractivity contribution in [2.45, 2.75) is 45.1 Å². The van der Waals surface area contributed by atoms with Crippen molar-refractivity contribution in [2.75, 3.05) is 18.5 Å². The molecule has 1 N–H and O–H groups in total. The number of anilines is 1. The Morgan fingerprint density at radius 1 is 1.53 bits per heavy atom. The number of fused-ring (bicyclic) bond motifs is 1. The van der Waals surface area contributed by atoms with Crippen LogP contribution in [0.4, 0.5) is 5.82 Å². The number of esters is 1. The summed E-state index contributed by atoms with van der Waals surface area (Å²) in [5, 5.41) is 7.97. The largest absolute Gasteiger partial charge is 0.466 e. The first-order chi connectivity index (χ1) is 9.28. The van der Waals surface area contributed by atoms with Crippen molar-refractivity contribution in [3.63, 3.8) is 0 Å². The first-order valence-electron chi connectivity index (χ1n) is 7.26. The molecule has 0 aromatic carbocycles. The lowest BCUT2D eigenvalue weighted by atomic mass is 10.0. The van der Waals surface area contributed by atoms with E-state index in [1.807, 2.05) is 11.6 Å². The number of hydrogen-bond acceptors (Lipinski definition) is 4. The summed E-state index contributed by atoms with van der Waals surface area (Å²) < 4.78 is 7.01. The molecule has 0 amide bonds. The van der Waals surface area contributed by atoms with Gasteiger partial charge in [-0.1, -0.05) is 12.8 Å². The van der Waals surface area contributed by atoms with Crippen LogP contribution in [0.15, 0.2) is 6.07 Å². The Morgan fingerprint density at radius 3 is 3.05 bits per heavy atom. The Balaban J connectivity index is 1.72. The fraction of sp³-hybridized carbons (Fsp3) is 0.714. The molecule has 0 radical (unpaired) electrons. The molecular formula is C14H21N3O2. The smallest absolute Gasteiger partial charge is 0.312 e. The zero-order valence-electron chi connectivity index (χ0n) is 11.4. The number of carbonyl (C=O) groups is 1. The van der Waals surface area contributed by atoms with Crippen LogP contribution in [-0.4, -0.2) is 28.9 Å². The van der Waals surface area contributed by atoms with Gasteiger partial charge in [-0.3, -0.25) is 4.79 Å². The van der Waals surface area contributed by atoms with Crippen molar-refractivity contribution in [1.29, 1.82) is 0 Å². The van der Waals surface area contributed by atoms with Gasteiger partial charge in [0.2, 0.25) is 0 Å². The lowest BCUT2D eigenvalue weighted by Gasteiger charge is -2.23. The molecule has 104 valence electrons. The van der Waals surface area contributed by atoms with Gasteiger partial charge in [-0.25, -0.2) is 4.68 Å². The average Bonchev–Trinajstić information content (AvgIpc) is 3.07. The number of nitrogens with one attached hydrogen (secondary N) is 1. The molecule has 3 rings (SSSR count). The standard InChI is InChI=1S/C14H21N3O2/c1-2-19-14(18)11-8-15-13-7-12(16-17(13)9-11)10-5-3-4-6-10/h7,10-11,15H,2-6,8-9H2,1H3. The second-order valence-electron chi connectivity index (χ2n) is 5.45. The van der Waals surface area contributed by atoms with Crippen molar-refractivity contribution < 1.29 is 9.53 Å². The van der Waals surface area contributed by atoms with Crippen LogP contribution < -0.4 is 5.32 Å². The third-order valence-corrected chi connectivity index (χ3v) is 4.12. The summed E-state index contributed by atoms with van der Waals surface area (Å²) in [5.41, 5.74) is 1.18. The van der Waals surface area contributed by atoms with Crippen LogP contribution in [0.1, 0.15) is 44.2 Å². The predicted octanol–water partition coefficient (Wildman–Crippen LogP) is 2.15. The fourth-order valence-corrected chi connectivity index (χ4v) is 3.06. The maximum atomic E-state index is 11.8. The van der Waals surface area contributed by atoms with E-state index in [2.05, 4.69) is 16.5 Å². The molecule has 1 aliphatic heterocycles. The van der Waals surface area contributed by atoms with E-state index in [1.165, 1.54) is 31.4 Å². The van der Waals surface area contributed by atoms with E-state index in [4.69, 9.17) is 4.74 Å². The minimum atomic E-state index is -0.126. The second kappa shape index (κ2) is 5.23. The number of aromatic nitrogens is 2. The Bertz CT molecular complexity index is 463. The van der Waals surface area contributed by atoms with E-state index >= 15 is 0 Å². The van der Waals surface area contributed by atoms with E-state index < -0.39 is 0 Å². The van der Waals surface area contributed by atoms with Crippen LogP contribution in [0.2, 0.25) is 0 Å². The van der Waals surface area contributed by atoms with Gasteiger partial charge in [0.25, 0.3) is 0 Å². The number of carbonyl (C=O) groups excluding carboxylic acids is 1. The number of ether oxygens (including phenoxy) is 1. The SMILES string of the molecule is CCOC(=O)C1CNc2cc(C3CCCC3)nn2C1. The topological polar surface area (TPSA) is 56.1 Å². The molecule has 0 bridgehead atoms. The first-order valence-corrected chi connectivity index (χ1v) is 7.26. The van der Waals surface area contributed by atoms with Gasteiger partial charge < -0.3 is 10.1 Å². The first kappa shape index (κ1) is 12.5. The summed E-state index contributed by atoms with van der Waals surface area (Å²) in [7, 11) is 0. The van der Waals surface area contributed by atoms with E-state index in [1.54, 1.807) is 0 Å². The van der Waals surface area contributed by atoms with Crippen molar-refractivity contribution in [2.24, 2.45) is 5.92 Å². The fourth-order valence-electron chi connectivity index (χ4n) is 3.06. The predicted molar refractivity (Wildman–Crippen MR) is 72.0 cm³/mol. The third kappa shape index (κ3) is 2.46. The van der Waals surface area contributed by atoms with Gasteiger partial charge in [-0.05, 0) is 19.8 Å². The maximum absolute atomic E-state index is 11.8. The van der Waals surface area contributed by atoms with E-state index in [0.29, 0.717) is 25.6 Å². The number of rotatable bonds is 3. The normalized spacial score (nSPS) is 22.9. The molecule has 0 saturated heterocycles. The summed E-state index contributed by atoms with van der Waals surface area (Å²) in [6.45, 7) is 3.56. The number of nitrogens with zero attached hydrogens (tertiary/aromatic N) is 2. The molecule has 0 spiro atoms. The molecule has 1 unspecified atom stereocenters. The van der Waals surface area contributed by atoms with Crippen molar-refractivity contribution in [3.8, 4) is 0 Å². The van der Waals surface area contributed by atoms with E-state index in [0.717, 1.165) is 5.82 Å². The summed E-state index contributed by atoms with van der Waals surface area (Å²) in [4.78, 5) is 11.8. The highest BCUT2D eigenvalue weighted by atomic mass is 16.5. The molecule has 5 nitrogen and oxygen atoms in total. The lowest BCUT2D eigenvalue weighted by molar-refractivity contribution is -0.148. The minimum Gasteiger partial charge on any atom is -0.466 e. The molecule has 1 fully saturated rings. The highest BCUT2D eigenvalue weighted by molar-refractivity contribution is 5.73. The van der Waals surface area contributed by atoms with Crippen LogP contribution in [0.5, 0.6) is 0 Å². The molecule has 1 atom stereocenters. The van der Waals surface area contributed by atoms with Gasteiger partial charge in [0.05, 0.1) is 24.8 Å². The Kier molecular flexibility index (Phi) is 3.44. The molecule has 2 aliphatic rings. The Morgan fingerprint density at radius 2 is 2.32 bits per heavy atom. The highest BCUT2D eigenvalue weighted by Gasteiger charge is 2.28. The van der Waals surface area contributed by atoms with Crippen molar-refractivity contribution in [3.05, 3.63) is 11.8 Å².